The number of allylic oxidation sites excluding steroid dienone is 2. The Morgan fingerprint density at radius 1 is 1.38 bits per heavy atom. The lowest BCUT2D eigenvalue weighted by Gasteiger charge is -2.22. The molecule has 0 unspecified atom stereocenters. The fourth-order valence-electron chi connectivity index (χ4n) is 2.97. The number of aliphatic imine (C=N–C) groups is 1. The van der Waals surface area contributed by atoms with Gasteiger partial charge in [0.15, 0.2) is 0 Å². The van der Waals surface area contributed by atoms with E-state index in [1.165, 1.54) is 0 Å². The van der Waals surface area contributed by atoms with E-state index >= 15 is 0 Å². The predicted molar refractivity (Wildman–Crippen MR) is 98.2 cm³/mol. The van der Waals surface area contributed by atoms with E-state index in [1.54, 1.807) is 19.3 Å². The van der Waals surface area contributed by atoms with Crippen LogP contribution in [0.4, 0.5) is 0 Å². The largest absolute Gasteiger partial charge is 0.401 e. The lowest BCUT2D eigenvalue weighted by molar-refractivity contribution is 0.0665. The van der Waals surface area contributed by atoms with Gasteiger partial charge in [-0.15, -0.1) is 0 Å². The predicted octanol–water partition coefficient (Wildman–Crippen LogP) is 3.47. The molecule has 1 saturated heterocycles. The number of rotatable bonds is 4. The van der Waals surface area contributed by atoms with E-state index in [-0.39, 0.29) is 0 Å². The van der Waals surface area contributed by atoms with Gasteiger partial charge in [-0.1, -0.05) is 11.6 Å². The molecule has 0 spiro atoms. The van der Waals surface area contributed by atoms with Crippen molar-refractivity contribution in [1.29, 1.82) is 0 Å². The van der Waals surface area contributed by atoms with E-state index in [0.717, 1.165) is 60.3 Å². The van der Waals surface area contributed by atoms with Crippen molar-refractivity contribution in [2.24, 2.45) is 16.6 Å². The van der Waals surface area contributed by atoms with Crippen molar-refractivity contribution < 1.29 is 4.74 Å². The first-order valence-electron chi connectivity index (χ1n) is 8.08. The molecular formula is C18H21ClN4O. The number of halogens is 1. The van der Waals surface area contributed by atoms with Crippen molar-refractivity contribution in [3.8, 4) is 0 Å². The second kappa shape index (κ2) is 7.73. The molecule has 1 aliphatic rings. The average Bonchev–Trinajstić information content (AvgIpc) is 2.59. The third-order valence-corrected chi connectivity index (χ3v) is 4.48. The second-order valence-electron chi connectivity index (χ2n) is 5.98. The SMILES string of the molecule is CN=CC(=C(N)CC1CCOCC1)c1cnc2ccc(Cl)nc2c1. The molecule has 24 heavy (non-hydrogen) atoms. The lowest BCUT2D eigenvalue weighted by atomic mass is 9.92. The molecule has 126 valence electrons. The normalized spacial score (nSPS) is 17.4. The molecule has 0 amide bonds. The number of ether oxygens (including phenoxy) is 1. The minimum absolute atomic E-state index is 0.450. The third kappa shape index (κ3) is 3.91. The van der Waals surface area contributed by atoms with Crippen molar-refractivity contribution in [3.05, 3.63) is 40.8 Å². The Bertz CT molecular complexity index is 782. The Kier molecular flexibility index (Phi) is 5.43. The fraction of sp³-hybridized carbons (Fsp3) is 0.389. The summed E-state index contributed by atoms with van der Waals surface area (Å²) in [5.74, 6) is 0.556. The Labute approximate surface area is 146 Å². The molecule has 0 aromatic carbocycles. The van der Waals surface area contributed by atoms with Gasteiger partial charge in [-0.05, 0) is 43.4 Å². The smallest absolute Gasteiger partial charge is 0.129 e. The molecule has 1 aliphatic heterocycles. The molecule has 0 atom stereocenters. The number of aromatic nitrogens is 2. The summed E-state index contributed by atoms with van der Waals surface area (Å²) in [4.78, 5) is 13.0. The number of fused-ring (bicyclic) bond motifs is 1. The van der Waals surface area contributed by atoms with Crippen LogP contribution in [0.15, 0.2) is 35.1 Å². The molecule has 2 N–H and O–H groups in total. The average molecular weight is 345 g/mol. The number of nitrogens with zero attached hydrogens (tertiary/aromatic N) is 3. The molecule has 0 aliphatic carbocycles. The first-order valence-corrected chi connectivity index (χ1v) is 8.46. The Morgan fingerprint density at radius 2 is 2.17 bits per heavy atom. The van der Waals surface area contributed by atoms with Crippen molar-refractivity contribution in [2.45, 2.75) is 19.3 Å². The summed E-state index contributed by atoms with van der Waals surface area (Å²) in [5, 5.41) is 0.450. The summed E-state index contributed by atoms with van der Waals surface area (Å²) in [5.41, 5.74) is 10.6. The van der Waals surface area contributed by atoms with Crippen LogP contribution in [0.5, 0.6) is 0 Å². The van der Waals surface area contributed by atoms with E-state index in [2.05, 4.69) is 15.0 Å². The number of hydrogen-bond acceptors (Lipinski definition) is 5. The fourth-order valence-corrected chi connectivity index (χ4v) is 3.13. The van der Waals surface area contributed by atoms with Crippen LogP contribution in [0, 0.1) is 5.92 Å². The van der Waals surface area contributed by atoms with Crippen LogP contribution in [-0.2, 0) is 4.74 Å². The van der Waals surface area contributed by atoms with Crippen LogP contribution < -0.4 is 5.73 Å². The summed E-state index contributed by atoms with van der Waals surface area (Å²) >= 11 is 5.99. The first-order chi connectivity index (χ1) is 11.7. The summed E-state index contributed by atoms with van der Waals surface area (Å²) in [6.07, 6.45) is 6.54. The van der Waals surface area contributed by atoms with Crippen molar-refractivity contribution >= 4 is 34.4 Å². The van der Waals surface area contributed by atoms with Gasteiger partial charge in [-0.25, -0.2) is 4.98 Å². The molecule has 1 fully saturated rings. The van der Waals surface area contributed by atoms with Crippen LogP contribution in [-0.4, -0.2) is 36.4 Å². The van der Waals surface area contributed by atoms with Crippen LogP contribution in [0.25, 0.3) is 16.6 Å². The van der Waals surface area contributed by atoms with Gasteiger partial charge in [0.05, 0.1) is 11.0 Å². The van der Waals surface area contributed by atoms with Gasteiger partial charge < -0.3 is 10.5 Å². The van der Waals surface area contributed by atoms with Crippen molar-refractivity contribution in [3.63, 3.8) is 0 Å². The van der Waals surface area contributed by atoms with Gasteiger partial charge >= 0.3 is 0 Å². The molecule has 3 rings (SSSR count). The van der Waals surface area contributed by atoms with Crippen LogP contribution in [0.1, 0.15) is 24.8 Å². The maximum atomic E-state index is 6.41. The van der Waals surface area contributed by atoms with E-state index < -0.39 is 0 Å². The Balaban J connectivity index is 1.95. The molecular weight excluding hydrogens is 324 g/mol. The van der Waals surface area contributed by atoms with Gasteiger partial charge in [0.25, 0.3) is 0 Å². The van der Waals surface area contributed by atoms with Crippen molar-refractivity contribution in [2.75, 3.05) is 20.3 Å². The molecule has 2 aromatic heterocycles. The van der Waals surface area contributed by atoms with E-state index in [4.69, 9.17) is 22.1 Å². The van der Waals surface area contributed by atoms with Crippen molar-refractivity contribution in [1.82, 2.24) is 9.97 Å². The highest BCUT2D eigenvalue weighted by molar-refractivity contribution is 6.29. The number of pyridine rings is 2. The lowest BCUT2D eigenvalue weighted by Crippen LogP contribution is -2.18. The summed E-state index contributed by atoms with van der Waals surface area (Å²) in [7, 11) is 1.74. The summed E-state index contributed by atoms with van der Waals surface area (Å²) < 4.78 is 5.42. The molecule has 0 bridgehead atoms. The summed E-state index contributed by atoms with van der Waals surface area (Å²) in [6.45, 7) is 1.63. The van der Waals surface area contributed by atoms with Gasteiger partial charge in [0.2, 0.25) is 0 Å². The first kappa shape index (κ1) is 16.9. The molecule has 5 nitrogen and oxygen atoms in total. The summed E-state index contributed by atoms with van der Waals surface area (Å²) in [6, 6.07) is 5.56. The maximum absolute atomic E-state index is 6.41. The van der Waals surface area contributed by atoms with Gasteiger partial charge in [0, 0.05) is 49.5 Å². The zero-order valence-corrected chi connectivity index (χ0v) is 14.5. The van der Waals surface area contributed by atoms with E-state index in [9.17, 15) is 0 Å². The topological polar surface area (TPSA) is 73.4 Å². The quantitative estimate of drug-likeness (QED) is 0.680. The molecule has 0 saturated carbocycles. The standard InChI is InChI=1S/C18H21ClN4O/c1-21-11-14(15(20)8-12-4-6-24-7-5-12)13-9-17-16(22-10-13)2-3-18(19)23-17/h2-3,9-12H,4-8,20H2,1H3. The molecule has 3 heterocycles. The number of nitrogens with two attached hydrogens (primary N) is 1. The Hall–Kier alpha value is -1.98. The molecule has 0 radical (unpaired) electrons. The zero-order valence-electron chi connectivity index (χ0n) is 13.7. The highest BCUT2D eigenvalue weighted by Crippen LogP contribution is 2.26. The van der Waals surface area contributed by atoms with Crippen LogP contribution in [0.3, 0.4) is 0 Å². The zero-order chi connectivity index (χ0) is 16.9. The number of hydrogen-bond donors (Lipinski definition) is 1. The third-order valence-electron chi connectivity index (χ3n) is 4.27. The van der Waals surface area contributed by atoms with E-state index in [0.29, 0.717) is 11.1 Å². The van der Waals surface area contributed by atoms with Gasteiger partial charge in [-0.3, -0.25) is 9.98 Å². The minimum Gasteiger partial charge on any atom is -0.401 e. The highest BCUT2D eigenvalue weighted by atomic mass is 35.5. The van der Waals surface area contributed by atoms with Gasteiger partial charge in [0.1, 0.15) is 5.15 Å². The monoisotopic (exact) mass is 344 g/mol. The molecule has 2 aromatic rings. The van der Waals surface area contributed by atoms with Crippen LogP contribution in [0.2, 0.25) is 5.15 Å². The Morgan fingerprint density at radius 3 is 2.92 bits per heavy atom. The second-order valence-corrected chi connectivity index (χ2v) is 6.37. The van der Waals surface area contributed by atoms with Gasteiger partial charge in [-0.2, -0.15) is 0 Å². The van der Waals surface area contributed by atoms with E-state index in [1.807, 2.05) is 18.3 Å². The maximum Gasteiger partial charge on any atom is 0.129 e. The minimum atomic E-state index is 0.450. The molecule has 6 heteroatoms. The van der Waals surface area contributed by atoms with Crippen LogP contribution >= 0.6 is 11.6 Å². The highest BCUT2D eigenvalue weighted by Gasteiger charge is 2.17.